The van der Waals surface area contributed by atoms with Gasteiger partial charge in [0.2, 0.25) is 0 Å². The van der Waals surface area contributed by atoms with Gasteiger partial charge in [0.25, 0.3) is 0 Å². The minimum Gasteiger partial charge on any atom is -0.496 e. The second-order valence-corrected chi connectivity index (χ2v) is 3.35. The van der Waals surface area contributed by atoms with E-state index < -0.39 is 0 Å². The number of hydrogen-bond acceptors (Lipinski definition) is 2. The molecule has 2 nitrogen and oxygen atoms in total. The van der Waals surface area contributed by atoms with Crippen LogP contribution in [0.3, 0.4) is 0 Å². The molecule has 1 atom stereocenters. The average molecular weight is 169 g/mol. The maximum atomic E-state index is 6.05. The van der Waals surface area contributed by atoms with Gasteiger partial charge >= 0.3 is 0 Å². The molecule has 0 aromatic heterocycles. The van der Waals surface area contributed by atoms with E-state index >= 15 is 0 Å². The monoisotopic (exact) mass is 169 g/mol. The number of ether oxygens (including phenoxy) is 1. The Bertz CT molecular complexity index is 161. The summed E-state index contributed by atoms with van der Waals surface area (Å²) in [5.74, 6) is 1.60. The lowest BCUT2D eigenvalue weighted by Gasteiger charge is -2.21. The third-order valence-electron chi connectivity index (χ3n) is 2.62. The van der Waals surface area contributed by atoms with E-state index in [0.717, 1.165) is 31.6 Å². The van der Waals surface area contributed by atoms with Crippen LogP contribution < -0.4 is 5.73 Å². The fourth-order valence-electron chi connectivity index (χ4n) is 1.70. The minimum atomic E-state index is 0.127. The van der Waals surface area contributed by atoms with E-state index in [1.54, 1.807) is 0 Å². The molecule has 0 saturated heterocycles. The predicted octanol–water partition coefficient (Wildman–Crippen LogP) is 2.05. The summed E-state index contributed by atoms with van der Waals surface area (Å²) in [7, 11) is 0. The molecule has 1 rings (SSSR count). The lowest BCUT2D eigenvalue weighted by Crippen LogP contribution is -2.31. The molecule has 0 radical (unpaired) electrons. The fourth-order valence-corrected chi connectivity index (χ4v) is 1.70. The molecule has 1 unspecified atom stereocenters. The molecular formula is C10H19NO. The maximum absolute atomic E-state index is 6.05. The van der Waals surface area contributed by atoms with Crippen LogP contribution in [0, 0.1) is 5.92 Å². The Balaban J connectivity index is 2.49. The van der Waals surface area contributed by atoms with Crippen LogP contribution in [0.4, 0.5) is 0 Å². The zero-order valence-electron chi connectivity index (χ0n) is 8.05. The zero-order chi connectivity index (χ0) is 8.97. The molecule has 1 heterocycles. The molecule has 70 valence electrons. The molecular weight excluding hydrogens is 150 g/mol. The van der Waals surface area contributed by atoms with E-state index in [1.165, 1.54) is 0 Å². The molecule has 0 bridgehead atoms. The van der Waals surface area contributed by atoms with Gasteiger partial charge < -0.3 is 10.5 Å². The Morgan fingerprint density at radius 2 is 2.17 bits per heavy atom. The van der Waals surface area contributed by atoms with Crippen LogP contribution in [0.25, 0.3) is 0 Å². The topological polar surface area (TPSA) is 35.2 Å². The minimum absolute atomic E-state index is 0.127. The van der Waals surface area contributed by atoms with Gasteiger partial charge in [-0.05, 0) is 12.0 Å². The summed E-state index contributed by atoms with van der Waals surface area (Å²) in [4.78, 5) is 0. The van der Waals surface area contributed by atoms with Crippen LogP contribution >= 0.6 is 0 Å². The van der Waals surface area contributed by atoms with Crippen molar-refractivity contribution in [1.82, 2.24) is 0 Å². The van der Waals surface area contributed by atoms with Gasteiger partial charge in [-0.1, -0.05) is 26.7 Å². The summed E-state index contributed by atoms with van der Waals surface area (Å²) in [6, 6.07) is 0.127. The highest BCUT2D eigenvalue weighted by molar-refractivity contribution is 5.07. The van der Waals surface area contributed by atoms with Crippen LogP contribution in [-0.4, -0.2) is 12.6 Å². The molecule has 12 heavy (non-hydrogen) atoms. The van der Waals surface area contributed by atoms with Crippen molar-refractivity contribution >= 4 is 0 Å². The van der Waals surface area contributed by atoms with Crippen molar-refractivity contribution in [3.05, 3.63) is 11.8 Å². The number of hydrogen-bond donors (Lipinski definition) is 1. The van der Waals surface area contributed by atoms with Gasteiger partial charge in [-0.15, -0.1) is 0 Å². The van der Waals surface area contributed by atoms with Gasteiger partial charge in [0.05, 0.1) is 12.6 Å². The summed E-state index contributed by atoms with van der Waals surface area (Å²) < 4.78 is 5.44. The molecule has 0 saturated carbocycles. The SMILES string of the molecule is CCC(CC)C(N)C1=CCCO1. The molecule has 2 N–H and O–H groups in total. The Labute approximate surface area is 74.8 Å². The molecule has 2 heteroatoms. The van der Waals surface area contributed by atoms with Crippen molar-refractivity contribution in [2.45, 2.75) is 39.2 Å². The second kappa shape index (κ2) is 4.51. The zero-order valence-corrected chi connectivity index (χ0v) is 8.05. The summed E-state index contributed by atoms with van der Waals surface area (Å²) in [6.45, 7) is 5.19. The van der Waals surface area contributed by atoms with Crippen molar-refractivity contribution in [2.24, 2.45) is 11.7 Å². The van der Waals surface area contributed by atoms with Crippen molar-refractivity contribution in [3.63, 3.8) is 0 Å². The van der Waals surface area contributed by atoms with Crippen molar-refractivity contribution in [2.75, 3.05) is 6.61 Å². The highest BCUT2D eigenvalue weighted by Gasteiger charge is 2.21. The largest absolute Gasteiger partial charge is 0.496 e. The summed E-state index contributed by atoms with van der Waals surface area (Å²) in [5, 5.41) is 0. The number of rotatable bonds is 4. The van der Waals surface area contributed by atoms with Crippen molar-refractivity contribution in [3.8, 4) is 0 Å². The molecule has 0 aliphatic carbocycles. The van der Waals surface area contributed by atoms with E-state index in [2.05, 4.69) is 19.9 Å². The second-order valence-electron chi connectivity index (χ2n) is 3.35. The van der Waals surface area contributed by atoms with Crippen LogP contribution in [0.2, 0.25) is 0 Å². The first-order valence-corrected chi connectivity index (χ1v) is 4.88. The molecule has 0 fully saturated rings. The first-order chi connectivity index (χ1) is 5.79. The predicted molar refractivity (Wildman–Crippen MR) is 50.7 cm³/mol. The van der Waals surface area contributed by atoms with Crippen LogP contribution in [-0.2, 0) is 4.74 Å². The van der Waals surface area contributed by atoms with E-state index in [-0.39, 0.29) is 6.04 Å². The molecule has 1 aliphatic rings. The van der Waals surface area contributed by atoms with Gasteiger partial charge in [0, 0.05) is 6.42 Å². The average Bonchev–Trinajstić information content (AvgIpc) is 2.58. The maximum Gasteiger partial charge on any atom is 0.109 e. The summed E-state index contributed by atoms with van der Waals surface area (Å²) >= 11 is 0. The van der Waals surface area contributed by atoms with Gasteiger partial charge in [-0.3, -0.25) is 0 Å². The quantitative estimate of drug-likeness (QED) is 0.699. The normalized spacial score (nSPS) is 19.2. The first kappa shape index (κ1) is 9.59. The smallest absolute Gasteiger partial charge is 0.109 e. The van der Waals surface area contributed by atoms with Gasteiger partial charge in [0.1, 0.15) is 5.76 Å². The lowest BCUT2D eigenvalue weighted by atomic mass is 9.93. The summed E-state index contributed by atoms with van der Waals surface area (Å²) in [6.07, 6.45) is 5.43. The van der Waals surface area contributed by atoms with Crippen LogP contribution in [0.5, 0.6) is 0 Å². The third-order valence-corrected chi connectivity index (χ3v) is 2.62. The van der Waals surface area contributed by atoms with Gasteiger partial charge in [0.15, 0.2) is 0 Å². The highest BCUT2D eigenvalue weighted by atomic mass is 16.5. The first-order valence-electron chi connectivity index (χ1n) is 4.88. The standard InChI is InChI=1S/C10H19NO/c1-3-8(4-2)10(11)9-6-5-7-12-9/h6,8,10H,3-5,7,11H2,1-2H3. The Hall–Kier alpha value is -0.500. The highest BCUT2D eigenvalue weighted by Crippen LogP contribution is 2.21. The lowest BCUT2D eigenvalue weighted by molar-refractivity contribution is 0.204. The molecule has 0 spiro atoms. The van der Waals surface area contributed by atoms with Gasteiger partial charge in [-0.2, -0.15) is 0 Å². The van der Waals surface area contributed by atoms with E-state index in [4.69, 9.17) is 10.5 Å². The summed E-state index contributed by atoms with van der Waals surface area (Å²) in [5.41, 5.74) is 6.05. The number of nitrogens with two attached hydrogens (primary N) is 1. The molecule has 0 amide bonds. The van der Waals surface area contributed by atoms with Crippen LogP contribution in [0.1, 0.15) is 33.1 Å². The Morgan fingerprint density at radius 3 is 2.58 bits per heavy atom. The molecule has 0 aromatic rings. The van der Waals surface area contributed by atoms with E-state index in [0.29, 0.717) is 5.92 Å². The molecule has 0 aromatic carbocycles. The third kappa shape index (κ3) is 2.01. The fraction of sp³-hybridized carbons (Fsp3) is 0.800. The van der Waals surface area contributed by atoms with Crippen LogP contribution in [0.15, 0.2) is 11.8 Å². The molecule has 1 aliphatic heterocycles. The Kier molecular flexibility index (Phi) is 3.60. The Morgan fingerprint density at radius 1 is 1.50 bits per heavy atom. The van der Waals surface area contributed by atoms with Crippen molar-refractivity contribution in [1.29, 1.82) is 0 Å². The van der Waals surface area contributed by atoms with E-state index in [9.17, 15) is 0 Å². The van der Waals surface area contributed by atoms with Crippen molar-refractivity contribution < 1.29 is 4.74 Å². The van der Waals surface area contributed by atoms with Gasteiger partial charge in [-0.25, -0.2) is 0 Å². The van der Waals surface area contributed by atoms with E-state index in [1.807, 2.05) is 0 Å².